The van der Waals surface area contributed by atoms with Gasteiger partial charge in [-0.3, -0.25) is 0 Å². The van der Waals surface area contributed by atoms with Crippen molar-refractivity contribution >= 4 is 18.0 Å². The summed E-state index contributed by atoms with van der Waals surface area (Å²) in [4.78, 5) is 11.8. The first kappa shape index (κ1) is 11.9. The van der Waals surface area contributed by atoms with Gasteiger partial charge in [0.25, 0.3) is 0 Å². The highest BCUT2D eigenvalue weighted by molar-refractivity contribution is 7.96. The Labute approximate surface area is 112 Å². The Morgan fingerprint density at radius 1 is 1.22 bits per heavy atom. The maximum Gasteiger partial charge on any atom is 0.420 e. The van der Waals surface area contributed by atoms with Crippen LogP contribution in [0.2, 0.25) is 0 Å². The van der Waals surface area contributed by atoms with Gasteiger partial charge in [0.1, 0.15) is 6.10 Å². The molecule has 0 aromatic heterocycles. The summed E-state index contributed by atoms with van der Waals surface area (Å²) >= 11 is 1.59. The lowest BCUT2D eigenvalue weighted by atomic mass is 9.93. The highest BCUT2D eigenvalue weighted by Gasteiger charge is 2.43. The highest BCUT2D eigenvalue weighted by atomic mass is 32.2. The molecule has 1 heterocycles. The zero-order valence-electron chi connectivity index (χ0n) is 10.2. The van der Waals surface area contributed by atoms with Crippen LogP contribution in [-0.2, 0) is 10.5 Å². The zero-order chi connectivity index (χ0) is 12.4. The Balaban J connectivity index is 1.63. The van der Waals surface area contributed by atoms with Gasteiger partial charge in [-0.1, -0.05) is 36.8 Å². The van der Waals surface area contributed by atoms with Gasteiger partial charge in [0, 0.05) is 5.75 Å². The van der Waals surface area contributed by atoms with Gasteiger partial charge >= 0.3 is 6.09 Å². The van der Waals surface area contributed by atoms with E-state index in [0.717, 1.165) is 18.6 Å². The summed E-state index contributed by atoms with van der Waals surface area (Å²) in [7, 11) is 0. The van der Waals surface area contributed by atoms with E-state index in [2.05, 4.69) is 12.1 Å². The second-order valence-corrected chi connectivity index (χ2v) is 5.80. The SMILES string of the molecule is O=C1O[C@H]2CCCC[C@@H]2N1SCc1ccccc1. The first-order valence-electron chi connectivity index (χ1n) is 6.51. The molecule has 1 aliphatic heterocycles. The Kier molecular flexibility index (Phi) is 3.46. The van der Waals surface area contributed by atoms with E-state index >= 15 is 0 Å². The van der Waals surface area contributed by atoms with Crippen molar-refractivity contribution in [2.45, 2.75) is 43.6 Å². The third kappa shape index (κ3) is 2.34. The number of hydrogen-bond donors (Lipinski definition) is 0. The smallest absolute Gasteiger partial charge is 0.420 e. The van der Waals surface area contributed by atoms with E-state index in [1.165, 1.54) is 18.4 Å². The van der Waals surface area contributed by atoms with Crippen molar-refractivity contribution in [2.75, 3.05) is 0 Å². The number of benzene rings is 1. The van der Waals surface area contributed by atoms with E-state index in [4.69, 9.17) is 4.74 Å². The Bertz CT molecular complexity index is 423. The summed E-state index contributed by atoms with van der Waals surface area (Å²) in [6, 6.07) is 10.5. The van der Waals surface area contributed by atoms with Crippen molar-refractivity contribution in [1.29, 1.82) is 0 Å². The number of nitrogens with zero attached hydrogens (tertiary/aromatic N) is 1. The molecule has 18 heavy (non-hydrogen) atoms. The quantitative estimate of drug-likeness (QED) is 0.780. The van der Waals surface area contributed by atoms with Crippen LogP contribution in [0, 0.1) is 0 Å². The maximum atomic E-state index is 11.8. The fourth-order valence-corrected chi connectivity index (χ4v) is 3.73. The van der Waals surface area contributed by atoms with Gasteiger partial charge < -0.3 is 4.74 Å². The summed E-state index contributed by atoms with van der Waals surface area (Å²) in [5, 5.41) is 0. The number of amides is 1. The van der Waals surface area contributed by atoms with Crippen molar-refractivity contribution in [3.05, 3.63) is 35.9 Å². The van der Waals surface area contributed by atoms with Crippen molar-refractivity contribution in [2.24, 2.45) is 0 Å². The minimum atomic E-state index is -0.146. The minimum absolute atomic E-state index is 0.134. The standard InChI is InChI=1S/C14H17NO2S/c16-14-15(12-8-4-5-9-13(12)17-14)18-10-11-6-2-1-3-7-11/h1-3,6-7,12-13H,4-5,8-10H2/t12-,13-/m0/s1. The van der Waals surface area contributed by atoms with Crippen LogP contribution in [0.5, 0.6) is 0 Å². The molecule has 0 radical (unpaired) electrons. The van der Waals surface area contributed by atoms with Crippen molar-refractivity contribution in [3.8, 4) is 0 Å². The van der Waals surface area contributed by atoms with Gasteiger partial charge in [-0.2, -0.15) is 0 Å². The molecule has 1 aliphatic carbocycles. The molecule has 0 unspecified atom stereocenters. The third-order valence-electron chi connectivity index (χ3n) is 3.61. The van der Waals surface area contributed by atoms with Gasteiger partial charge in [0.2, 0.25) is 0 Å². The molecule has 0 spiro atoms. The van der Waals surface area contributed by atoms with Gasteiger partial charge in [0.15, 0.2) is 0 Å². The fraction of sp³-hybridized carbons (Fsp3) is 0.500. The van der Waals surface area contributed by atoms with Crippen LogP contribution in [0.15, 0.2) is 30.3 Å². The molecule has 1 amide bonds. The molecule has 1 saturated carbocycles. The lowest BCUT2D eigenvalue weighted by molar-refractivity contribution is 0.113. The monoisotopic (exact) mass is 263 g/mol. The molecular formula is C14H17NO2S. The average Bonchev–Trinajstić information content (AvgIpc) is 2.73. The molecule has 1 aromatic rings. The molecule has 1 saturated heterocycles. The molecule has 0 N–H and O–H groups in total. The Morgan fingerprint density at radius 3 is 2.83 bits per heavy atom. The van der Waals surface area contributed by atoms with Crippen LogP contribution in [0.4, 0.5) is 4.79 Å². The van der Waals surface area contributed by atoms with Crippen molar-refractivity contribution < 1.29 is 9.53 Å². The van der Waals surface area contributed by atoms with E-state index in [1.54, 1.807) is 11.9 Å². The Morgan fingerprint density at radius 2 is 2.00 bits per heavy atom. The molecule has 3 nitrogen and oxygen atoms in total. The number of carbonyl (C=O) groups excluding carboxylic acids is 1. The van der Waals surface area contributed by atoms with Crippen LogP contribution < -0.4 is 0 Å². The summed E-state index contributed by atoms with van der Waals surface area (Å²) in [6.07, 6.45) is 4.49. The number of ether oxygens (including phenoxy) is 1. The predicted octanol–water partition coefficient (Wildman–Crippen LogP) is 3.60. The van der Waals surface area contributed by atoms with Crippen LogP contribution in [0.1, 0.15) is 31.2 Å². The molecule has 2 fully saturated rings. The first-order valence-corrected chi connectivity index (χ1v) is 7.45. The molecule has 96 valence electrons. The first-order chi connectivity index (χ1) is 8.84. The van der Waals surface area contributed by atoms with Gasteiger partial charge in [-0.15, -0.1) is 0 Å². The molecule has 2 atom stereocenters. The summed E-state index contributed by atoms with van der Waals surface area (Å²) in [5.41, 5.74) is 1.24. The van der Waals surface area contributed by atoms with E-state index in [-0.39, 0.29) is 12.2 Å². The topological polar surface area (TPSA) is 29.5 Å². The molecule has 2 aliphatic rings. The van der Waals surface area contributed by atoms with Crippen LogP contribution in [0.25, 0.3) is 0 Å². The largest absolute Gasteiger partial charge is 0.443 e. The van der Waals surface area contributed by atoms with Crippen LogP contribution >= 0.6 is 11.9 Å². The fourth-order valence-electron chi connectivity index (χ4n) is 2.67. The maximum absolute atomic E-state index is 11.8. The third-order valence-corrected chi connectivity index (χ3v) is 4.77. The van der Waals surface area contributed by atoms with Crippen molar-refractivity contribution in [1.82, 2.24) is 4.31 Å². The second-order valence-electron chi connectivity index (χ2n) is 4.86. The molecule has 3 rings (SSSR count). The van der Waals surface area contributed by atoms with E-state index in [1.807, 2.05) is 22.5 Å². The molecular weight excluding hydrogens is 246 g/mol. The van der Waals surface area contributed by atoms with Crippen molar-refractivity contribution in [3.63, 3.8) is 0 Å². The highest BCUT2D eigenvalue weighted by Crippen LogP contribution is 2.36. The number of fused-ring (bicyclic) bond motifs is 1. The lowest BCUT2D eigenvalue weighted by Gasteiger charge is -2.26. The van der Waals surface area contributed by atoms with Gasteiger partial charge in [-0.25, -0.2) is 9.10 Å². The second kappa shape index (κ2) is 5.22. The van der Waals surface area contributed by atoms with Crippen LogP contribution in [-0.4, -0.2) is 22.5 Å². The zero-order valence-corrected chi connectivity index (χ0v) is 11.1. The summed E-state index contributed by atoms with van der Waals surface area (Å²) in [5.74, 6) is 0.832. The van der Waals surface area contributed by atoms with Crippen LogP contribution in [0.3, 0.4) is 0 Å². The lowest BCUT2D eigenvalue weighted by Crippen LogP contribution is -2.34. The number of hydrogen-bond acceptors (Lipinski definition) is 3. The number of carbonyl (C=O) groups is 1. The summed E-state index contributed by atoms with van der Waals surface area (Å²) in [6.45, 7) is 0. The normalized spacial score (nSPS) is 26.9. The Hall–Kier alpha value is -1.16. The molecule has 4 heteroatoms. The predicted molar refractivity (Wildman–Crippen MR) is 72.1 cm³/mol. The summed E-state index contributed by atoms with van der Waals surface area (Å²) < 4.78 is 7.29. The molecule has 0 bridgehead atoms. The molecule has 1 aromatic carbocycles. The van der Waals surface area contributed by atoms with E-state index < -0.39 is 0 Å². The van der Waals surface area contributed by atoms with Gasteiger partial charge in [-0.05, 0) is 36.8 Å². The average molecular weight is 263 g/mol. The number of rotatable bonds is 3. The van der Waals surface area contributed by atoms with Gasteiger partial charge in [0.05, 0.1) is 6.04 Å². The minimum Gasteiger partial charge on any atom is -0.443 e. The van der Waals surface area contributed by atoms with E-state index in [0.29, 0.717) is 6.04 Å². The van der Waals surface area contributed by atoms with E-state index in [9.17, 15) is 4.79 Å².